The maximum Gasteiger partial charge on any atom is 0.323 e. The molecule has 3 nitrogen and oxygen atoms in total. The van der Waals surface area contributed by atoms with Crippen LogP contribution in [0, 0.1) is 0 Å². The molecule has 0 radical (unpaired) electrons. The van der Waals surface area contributed by atoms with Crippen LogP contribution in [-0.2, 0) is 6.42 Å². The molecule has 2 N–H and O–H groups in total. The molecule has 0 aromatic heterocycles. The van der Waals surface area contributed by atoms with Crippen molar-refractivity contribution in [1.29, 1.82) is 0 Å². The standard InChI is InChI=1S/C16H22N2O/c1-2-13-8-10-15(11-9-13)18-16(19)17-12-14-6-4-3-5-7-14/h8-12H,2-7H2,1H3,(H2,17,18,19). The van der Waals surface area contributed by atoms with Gasteiger partial charge in [0.15, 0.2) is 0 Å². The van der Waals surface area contributed by atoms with Crippen LogP contribution in [0.1, 0.15) is 44.6 Å². The first-order valence-electron chi connectivity index (χ1n) is 7.12. The largest absolute Gasteiger partial charge is 0.323 e. The second kappa shape index (κ2) is 6.98. The molecule has 19 heavy (non-hydrogen) atoms. The topological polar surface area (TPSA) is 41.1 Å². The number of aryl methyl sites for hydroxylation is 1. The van der Waals surface area contributed by atoms with Crippen molar-refractivity contribution in [2.45, 2.75) is 45.4 Å². The van der Waals surface area contributed by atoms with E-state index in [4.69, 9.17) is 0 Å². The van der Waals surface area contributed by atoms with E-state index >= 15 is 0 Å². The summed E-state index contributed by atoms with van der Waals surface area (Å²) in [5.74, 6) is 0. The lowest BCUT2D eigenvalue weighted by atomic mass is 9.96. The Hall–Kier alpha value is -1.77. The molecule has 1 saturated carbocycles. The van der Waals surface area contributed by atoms with Gasteiger partial charge in [-0.25, -0.2) is 4.79 Å². The lowest BCUT2D eigenvalue weighted by Crippen LogP contribution is -2.24. The van der Waals surface area contributed by atoms with Crippen LogP contribution in [-0.4, -0.2) is 6.03 Å². The summed E-state index contributed by atoms with van der Waals surface area (Å²) in [4.78, 5) is 11.7. The summed E-state index contributed by atoms with van der Waals surface area (Å²) in [6, 6.07) is 7.78. The van der Waals surface area contributed by atoms with Gasteiger partial charge in [0.25, 0.3) is 0 Å². The van der Waals surface area contributed by atoms with Crippen molar-refractivity contribution >= 4 is 11.7 Å². The number of nitrogens with one attached hydrogen (secondary N) is 2. The van der Waals surface area contributed by atoms with Gasteiger partial charge in [-0.15, -0.1) is 0 Å². The van der Waals surface area contributed by atoms with E-state index in [-0.39, 0.29) is 6.03 Å². The number of allylic oxidation sites excluding steroid dienone is 1. The van der Waals surface area contributed by atoms with Gasteiger partial charge in [-0.05, 0) is 49.8 Å². The normalized spacial score (nSPS) is 14.9. The summed E-state index contributed by atoms with van der Waals surface area (Å²) in [6.45, 7) is 2.12. The fraction of sp³-hybridized carbons (Fsp3) is 0.438. The quantitative estimate of drug-likeness (QED) is 0.837. The summed E-state index contributed by atoms with van der Waals surface area (Å²) in [7, 11) is 0. The van der Waals surface area contributed by atoms with Gasteiger partial charge in [0.1, 0.15) is 0 Å². The molecule has 1 fully saturated rings. The number of benzene rings is 1. The number of carbonyl (C=O) groups is 1. The molecule has 3 heteroatoms. The average Bonchev–Trinajstić information content (AvgIpc) is 2.47. The van der Waals surface area contributed by atoms with Gasteiger partial charge >= 0.3 is 6.03 Å². The molecule has 0 heterocycles. The first kappa shape index (κ1) is 13.7. The summed E-state index contributed by atoms with van der Waals surface area (Å²) < 4.78 is 0. The maximum atomic E-state index is 11.7. The smallest absolute Gasteiger partial charge is 0.314 e. The van der Waals surface area contributed by atoms with E-state index in [2.05, 4.69) is 17.6 Å². The Kier molecular flexibility index (Phi) is 5.01. The molecule has 0 saturated heterocycles. The van der Waals surface area contributed by atoms with Crippen LogP contribution in [0.4, 0.5) is 10.5 Å². The van der Waals surface area contributed by atoms with E-state index in [1.165, 1.54) is 30.4 Å². The third-order valence-corrected chi connectivity index (χ3v) is 3.52. The summed E-state index contributed by atoms with van der Waals surface area (Å²) >= 11 is 0. The minimum Gasteiger partial charge on any atom is -0.314 e. The number of hydrogen-bond donors (Lipinski definition) is 2. The molecule has 1 aliphatic carbocycles. The second-order valence-electron chi connectivity index (χ2n) is 5.01. The van der Waals surface area contributed by atoms with Gasteiger partial charge in [0.2, 0.25) is 0 Å². The van der Waals surface area contributed by atoms with Gasteiger partial charge < -0.3 is 10.6 Å². The Morgan fingerprint density at radius 3 is 2.47 bits per heavy atom. The molecule has 102 valence electrons. The van der Waals surface area contributed by atoms with Crippen molar-refractivity contribution < 1.29 is 4.79 Å². The van der Waals surface area contributed by atoms with Gasteiger partial charge in [-0.2, -0.15) is 0 Å². The lowest BCUT2D eigenvalue weighted by molar-refractivity contribution is 0.255. The zero-order valence-corrected chi connectivity index (χ0v) is 11.5. The Labute approximate surface area is 115 Å². The van der Waals surface area contributed by atoms with Gasteiger partial charge in [-0.3, -0.25) is 0 Å². The molecular formula is C16H22N2O. The van der Waals surface area contributed by atoms with E-state index in [0.29, 0.717) is 0 Å². The van der Waals surface area contributed by atoms with E-state index in [1.54, 1.807) is 0 Å². The zero-order chi connectivity index (χ0) is 13.5. The highest BCUT2D eigenvalue weighted by Gasteiger charge is 2.06. The summed E-state index contributed by atoms with van der Waals surface area (Å²) in [5.41, 5.74) is 3.45. The van der Waals surface area contributed by atoms with Crippen LogP contribution in [0.25, 0.3) is 0 Å². The molecule has 0 aliphatic heterocycles. The number of anilines is 1. The summed E-state index contributed by atoms with van der Waals surface area (Å²) in [6.07, 6.45) is 8.92. The predicted octanol–water partition coefficient (Wildman–Crippen LogP) is 4.22. The fourth-order valence-electron chi connectivity index (χ4n) is 2.31. The van der Waals surface area contributed by atoms with Gasteiger partial charge in [-0.1, -0.05) is 31.1 Å². The van der Waals surface area contributed by atoms with Crippen LogP contribution < -0.4 is 10.6 Å². The van der Waals surface area contributed by atoms with Crippen LogP contribution in [0.5, 0.6) is 0 Å². The minimum atomic E-state index is -0.165. The fourth-order valence-corrected chi connectivity index (χ4v) is 2.31. The van der Waals surface area contributed by atoms with Crippen LogP contribution in [0.3, 0.4) is 0 Å². The Bertz CT molecular complexity index is 440. The van der Waals surface area contributed by atoms with Crippen LogP contribution in [0.2, 0.25) is 0 Å². The Morgan fingerprint density at radius 1 is 1.16 bits per heavy atom. The molecular weight excluding hydrogens is 236 g/mol. The molecule has 0 atom stereocenters. The molecule has 1 aromatic carbocycles. The maximum absolute atomic E-state index is 11.7. The first-order chi connectivity index (χ1) is 9.28. The summed E-state index contributed by atoms with van der Waals surface area (Å²) in [5, 5.41) is 5.66. The number of carbonyl (C=O) groups excluding carboxylic acids is 1. The first-order valence-corrected chi connectivity index (χ1v) is 7.12. The highest BCUT2D eigenvalue weighted by molar-refractivity contribution is 5.89. The van der Waals surface area contributed by atoms with Crippen molar-refractivity contribution in [3.8, 4) is 0 Å². The third-order valence-electron chi connectivity index (χ3n) is 3.52. The highest BCUT2D eigenvalue weighted by Crippen LogP contribution is 2.21. The van der Waals surface area contributed by atoms with Crippen molar-refractivity contribution in [3.05, 3.63) is 41.6 Å². The molecule has 1 aromatic rings. The van der Waals surface area contributed by atoms with E-state index in [9.17, 15) is 4.79 Å². The Balaban J connectivity index is 1.82. The number of amides is 2. The Morgan fingerprint density at radius 2 is 1.84 bits per heavy atom. The molecule has 1 aliphatic rings. The van der Waals surface area contributed by atoms with Gasteiger partial charge in [0, 0.05) is 11.9 Å². The van der Waals surface area contributed by atoms with Crippen molar-refractivity contribution in [2.75, 3.05) is 5.32 Å². The highest BCUT2D eigenvalue weighted by atomic mass is 16.2. The minimum absolute atomic E-state index is 0.165. The molecule has 2 rings (SSSR count). The number of hydrogen-bond acceptors (Lipinski definition) is 1. The van der Waals surface area contributed by atoms with Crippen molar-refractivity contribution in [2.24, 2.45) is 0 Å². The van der Waals surface area contributed by atoms with E-state index < -0.39 is 0 Å². The zero-order valence-electron chi connectivity index (χ0n) is 11.5. The van der Waals surface area contributed by atoms with E-state index in [0.717, 1.165) is 24.9 Å². The van der Waals surface area contributed by atoms with Crippen LogP contribution in [0.15, 0.2) is 36.0 Å². The molecule has 0 unspecified atom stereocenters. The van der Waals surface area contributed by atoms with Crippen molar-refractivity contribution in [3.63, 3.8) is 0 Å². The SMILES string of the molecule is CCc1ccc(NC(=O)NC=C2CCCCC2)cc1. The van der Waals surface area contributed by atoms with Crippen LogP contribution >= 0.6 is 0 Å². The molecule has 0 spiro atoms. The molecule has 0 bridgehead atoms. The van der Waals surface area contributed by atoms with Crippen molar-refractivity contribution in [1.82, 2.24) is 5.32 Å². The second-order valence-corrected chi connectivity index (χ2v) is 5.01. The average molecular weight is 258 g/mol. The van der Waals surface area contributed by atoms with Gasteiger partial charge in [0.05, 0.1) is 0 Å². The number of rotatable bonds is 3. The predicted molar refractivity (Wildman–Crippen MR) is 79.1 cm³/mol. The monoisotopic (exact) mass is 258 g/mol. The lowest BCUT2D eigenvalue weighted by Gasteiger charge is -2.13. The number of urea groups is 1. The molecule has 2 amide bonds. The third kappa shape index (κ3) is 4.43. The van der Waals surface area contributed by atoms with E-state index in [1.807, 2.05) is 30.5 Å².